The summed E-state index contributed by atoms with van der Waals surface area (Å²) in [6.45, 7) is 12.4. The van der Waals surface area contributed by atoms with Gasteiger partial charge in [-0.05, 0) is 43.9 Å². The Kier molecular flexibility index (Phi) is 5.66. The van der Waals surface area contributed by atoms with Crippen LogP contribution in [0, 0.1) is 17.3 Å². The summed E-state index contributed by atoms with van der Waals surface area (Å²) in [6.07, 6.45) is 1.88. The van der Waals surface area contributed by atoms with Crippen LogP contribution in [0.1, 0.15) is 60.8 Å². The van der Waals surface area contributed by atoms with Gasteiger partial charge in [0.1, 0.15) is 0 Å². The summed E-state index contributed by atoms with van der Waals surface area (Å²) in [5.41, 5.74) is 5.51. The molecule has 0 spiro atoms. The van der Waals surface area contributed by atoms with Crippen molar-refractivity contribution in [2.75, 3.05) is 0 Å². The lowest BCUT2D eigenvalue weighted by Gasteiger charge is -2.46. The Labute approximate surface area is 106 Å². The van der Waals surface area contributed by atoms with E-state index in [0.717, 1.165) is 12.8 Å². The lowest BCUT2D eigenvalue weighted by Crippen LogP contribution is -2.53. The summed E-state index contributed by atoms with van der Waals surface area (Å²) in [5, 5.41) is 9.18. The highest BCUT2D eigenvalue weighted by Gasteiger charge is 2.44. The second-order valence-electron chi connectivity index (χ2n) is 6.77. The van der Waals surface area contributed by atoms with E-state index in [1.807, 2.05) is 13.8 Å². The predicted octanol–water partition coefficient (Wildman–Crippen LogP) is 3.28. The molecule has 0 unspecified atom stereocenters. The molecule has 0 aliphatic rings. The monoisotopic (exact) mass is 243 g/mol. The average Bonchev–Trinajstić information content (AvgIpc) is 1.96. The minimum Gasteiger partial charge on any atom is -0.481 e. The fourth-order valence-corrected chi connectivity index (χ4v) is 2.83. The van der Waals surface area contributed by atoms with Crippen molar-refractivity contribution in [3.05, 3.63) is 0 Å². The zero-order valence-electron chi connectivity index (χ0n) is 12.2. The van der Waals surface area contributed by atoms with Gasteiger partial charge in [-0.1, -0.05) is 27.7 Å². The highest BCUT2D eigenvalue weighted by atomic mass is 16.4. The van der Waals surface area contributed by atoms with Gasteiger partial charge in [0.2, 0.25) is 0 Å². The highest BCUT2D eigenvalue weighted by molar-refractivity contribution is 5.68. The first-order chi connectivity index (χ1) is 7.50. The molecule has 0 saturated heterocycles. The first kappa shape index (κ1) is 16.4. The predicted molar refractivity (Wildman–Crippen MR) is 71.9 cm³/mol. The summed E-state index contributed by atoms with van der Waals surface area (Å²) in [7, 11) is 0. The molecule has 102 valence electrons. The van der Waals surface area contributed by atoms with E-state index in [-0.39, 0.29) is 11.8 Å². The van der Waals surface area contributed by atoms with Crippen LogP contribution in [-0.4, -0.2) is 16.6 Å². The van der Waals surface area contributed by atoms with E-state index in [2.05, 4.69) is 27.7 Å². The molecule has 0 saturated carbocycles. The van der Waals surface area contributed by atoms with Gasteiger partial charge in [-0.15, -0.1) is 0 Å². The molecule has 0 amide bonds. The first-order valence-corrected chi connectivity index (χ1v) is 6.51. The van der Waals surface area contributed by atoms with Gasteiger partial charge in [0, 0.05) is 5.54 Å². The molecule has 0 fully saturated rings. The molecular weight excluding hydrogens is 214 g/mol. The third-order valence-electron chi connectivity index (χ3n) is 3.45. The molecule has 3 heteroatoms. The van der Waals surface area contributed by atoms with E-state index in [1.54, 1.807) is 0 Å². The van der Waals surface area contributed by atoms with Crippen LogP contribution in [0.15, 0.2) is 0 Å². The summed E-state index contributed by atoms with van der Waals surface area (Å²) < 4.78 is 0. The van der Waals surface area contributed by atoms with Crippen molar-refractivity contribution in [3.63, 3.8) is 0 Å². The van der Waals surface area contributed by atoms with Crippen LogP contribution in [-0.2, 0) is 4.79 Å². The van der Waals surface area contributed by atoms with Gasteiger partial charge in [0.15, 0.2) is 0 Å². The van der Waals surface area contributed by atoms with Crippen molar-refractivity contribution < 1.29 is 9.90 Å². The number of hydrogen-bond acceptors (Lipinski definition) is 2. The van der Waals surface area contributed by atoms with Gasteiger partial charge < -0.3 is 10.8 Å². The maximum absolute atomic E-state index is 11.2. The molecule has 17 heavy (non-hydrogen) atoms. The normalized spacial score (nSPS) is 13.5. The van der Waals surface area contributed by atoms with Crippen LogP contribution in [0.2, 0.25) is 0 Å². The number of carboxylic acids is 1. The Morgan fingerprint density at radius 2 is 1.47 bits per heavy atom. The molecule has 3 nitrogen and oxygen atoms in total. The number of carboxylic acid groups (broad SMARTS) is 1. The van der Waals surface area contributed by atoms with Gasteiger partial charge in [0.05, 0.1) is 6.42 Å². The Balaban J connectivity index is 5.28. The number of nitrogens with two attached hydrogens (primary N) is 1. The lowest BCUT2D eigenvalue weighted by molar-refractivity contribution is -0.142. The standard InChI is InChI=1S/C14H29NO2/c1-10(2)7-14(8-11(3)4,9-12(16)17)13(5,6)15/h10-11H,7-9,15H2,1-6H3,(H,16,17). The summed E-state index contributed by atoms with van der Waals surface area (Å²) >= 11 is 0. The summed E-state index contributed by atoms with van der Waals surface area (Å²) in [6, 6.07) is 0. The molecule has 0 heterocycles. The van der Waals surface area contributed by atoms with Gasteiger partial charge in [-0.2, -0.15) is 0 Å². The molecule has 0 aromatic rings. The molecule has 0 aliphatic heterocycles. The Hall–Kier alpha value is -0.570. The van der Waals surface area contributed by atoms with Gasteiger partial charge in [-0.25, -0.2) is 0 Å². The lowest BCUT2D eigenvalue weighted by atomic mass is 9.61. The average molecular weight is 243 g/mol. The zero-order chi connectivity index (χ0) is 13.9. The Bertz CT molecular complexity index is 241. The van der Waals surface area contributed by atoms with Crippen LogP contribution in [0.4, 0.5) is 0 Å². The first-order valence-electron chi connectivity index (χ1n) is 6.51. The van der Waals surface area contributed by atoms with E-state index in [1.165, 1.54) is 0 Å². The van der Waals surface area contributed by atoms with Crippen LogP contribution < -0.4 is 5.73 Å². The van der Waals surface area contributed by atoms with Gasteiger partial charge in [0.25, 0.3) is 0 Å². The maximum atomic E-state index is 11.2. The van der Waals surface area contributed by atoms with Crippen molar-refractivity contribution >= 4 is 5.97 Å². The van der Waals surface area contributed by atoms with E-state index >= 15 is 0 Å². The second-order valence-corrected chi connectivity index (χ2v) is 6.77. The number of rotatable bonds is 7. The minimum absolute atomic E-state index is 0.160. The van der Waals surface area contributed by atoms with E-state index in [4.69, 9.17) is 5.73 Å². The smallest absolute Gasteiger partial charge is 0.303 e. The number of aliphatic carboxylic acids is 1. The summed E-state index contributed by atoms with van der Waals surface area (Å²) in [4.78, 5) is 11.2. The molecule has 0 bridgehead atoms. The van der Waals surface area contributed by atoms with Crippen LogP contribution in [0.25, 0.3) is 0 Å². The zero-order valence-corrected chi connectivity index (χ0v) is 12.2. The largest absolute Gasteiger partial charge is 0.481 e. The fraction of sp³-hybridized carbons (Fsp3) is 0.929. The number of carbonyl (C=O) groups is 1. The van der Waals surface area contributed by atoms with E-state index in [0.29, 0.717) is 11.8 Å². The van der Waals surface area contributed by atoms with Crippen LogP contribution >= 0.6 is 0 Å². The van der Waals surface area contributed by atoms with Crippen molar-refractivity contribution in [3.8, 4) is 0 Å². The third-order valence-corrected chi connectivity index (χ3v) is 3.45. The van der Waals surface area contributed by atoms with Crippen molar-refractivity contribution in [1.29, 1.82) is 0 Å². The molecule has 0 aromatic carbocycles. The SMILES string of the molecule is CC(C)CC(CC(=O)O)(CC(C)C)C(C)(C)N. The molecular formula is C14H29NO2. The molecule has 0 atom stereocenters. The Morgan fingerprint density at radius 3 is 1.65 bits per heavy atom. The molecule has 0 aromatic heterocycles. The topological polar surface area (TPSA) is 63.3 Å². The van der Waals surface area contributed by atoms with E-state index in [9.17, 15) is 9.90 Å². The van der Waals surface area contributed by atoms with Crippen LogP contribution in [0.5, 0.6) is 0 Å². The number of hydrogen-bond donors (Lipinski definition) is 2. The minimum atomic E-state index is -0.746. The van der Waals surface area contributed by atoms with E-state index < -0.39 is 11.5 Å². The van der Waals surface area contributed by atoms with Crippen LogP contribution in [0.3, 0.4) is 0 Å². The third kappa shape index (κ3) is 5.07. The molecule has 0 radical (unpaired) electrons. The Morgan fingerprint density at radius 1 is 1.12 bits per heavy atom. The quantitative estimate of drug-likeness (QED) is 0.721. The summed E-state index contributed by atoms with van der Waals surface area (Å²) in [5.74, 6) is 0.164. The van der Waals surface area contributed by atoms with Crippen molar-refractivity contribution in [1.82, 2.24) is 0 Å². The molecule has 0 rings (SSSR count). The van der Waals surface area contributed by atoms with Crippen molar-refractivity contribution in [2.24, 2.45) is 23.0 Å². The van der Waals surface area contributed by atoms with Gasteiger partial charge >= 0.3 is 5.97 Å². The highest BCUT2D eigenvalue weighted by Crippen LogP contribution is 2.44. The molecule has 3 N–H and O–H groups in total. The fourth-order valence-electron chi connectivity index (χ4n) is 2.83. The maximum Gasteiger partial charge on any atom is 0.303 e. The molecule has 0 aliphatic carbocycles. The van der Waals surface area contributed by atoms with Gasteiger partial charge in [-0.3, -0.25) is 4.79 Å². The second kappa shape index (κ2) is 5.85. The van der Waals surface area contributed by atoms with Crippen molar-refractivity contribution in [2.45, 2.75) is 66.3 Å².